The Balaban J connectivity index is 1.91. The molecule has 0 bridgehead atoms. The first-order valence-electron chi connectivity index (χ1n) is 4.05. The number of aryl methyl sites for hydroxylation is 2. The molecule has 0 saturated heterocycles. The van der Waals surface area contributed by atoms with Crippen molar-refractivity contribution in [2.45, 2.75) is 12.8 Å². The molecule has 2 N–H and O–H groups in total. The van der Waals surface area contributed by atoms with Crippen LogP contribution in [0.3, 0.4) is 0 Å². The predicted octanol–water partition coefficient (Wildman–Crippen LogP) is 1.52. The Hall–Kier alpha value is -1.51. The van der Waals surface area contributed by atoms with Gasteiger partial charge in [0, 0.05) is 23.8 Å². The van der Waals surface area contributed by atoms with Gasteiger partial charge in [0.2, 0.25) is 0 Å². The van der Waals surface area contributed by atoms with E-state index in [-0.39, 0.29) is 0 Å². The minimum atomic E-state index is 1.01. The fourth-order valence-electron chi connectivity index (χ4n) is 1.22. The van der Waals surface area contributed by atoms with Crippen LogP contribution < -0.4 is 0 Å². The molecule has 12 heavy (non-hydrogen) atoms. The van der Waals surface area contributed by atoms with Crippen LogP contribution in [0.4, 0.5) is 0 Å². The molecule has 0 atom stereocenters. The molecule has 3 heteroatoms. The van der Waals surface area contributed by atoms with E-state index >= 15 is 0 Å². The maximum atomic E-state index is 3.89. The van der Waals surface area contributed by atoms with Gasteiger partial charge in [-0.3, -0.25) is 5.10 Å². The molecule has 0 fully saturated rings. The summed E-state index contributed by atoms with van der Waals surface area (Å²) in [5.74, 6) is 0. The third-order valence-electron chi connectivity index (χ3n) is 1.88. The van der Waals surface area contributed by atoms with E-state index in [9.17, 15) is 0 Å². The van der Waals surface area contributed by atoms with Crippen LogP contribution in [0, 0.1) is 0 Å². The maximum Gasteiger partial charge on any atom is 0.0490 e. The zero-order valence-electron chi connectivity index (χ0n) is 6.75. The zero-order valence-corrected chi connectivity index (χ0v) is 6.75. The fourth-order valence-corrected chi connectivity index (χ4v) is 1.22. The van der Waals surface area contributed by atoms with Crippen molar-refractivity contribution < 1.29 is 0 Å². The van der Waals surface area contributed by atoms with Gasteiger partial charge in [-0.2, -0.15) is 5.10 Å². The number of rotatable bonds is 3. The lowest BCUT2D eigenvalue weighted by Crippen LogP contribution is -1.91. The molecule has 0 aliphatic rings. The number of H-pyrrole nitrogens is 2. The summed E-state index contributed by atoms with van der Waals surface area (Å²) in [7, 11) is 0. The molecule has 0 aromatic carbocycles. The van der Waals surface area contributed by atoms with E-state index in [2.05, 4.69) is 21.2 Å². The number of aromatic amines is 2. The van der Waals surface area contributed by atoms with Crippen LogP contribution >= 0.6 is 0 Å². The van der Waals surface area contributed by atoms with Gasteiger partial charge in [-0.05, 0) is 31.0 Å². The van der Waals surface area contributed by atoms with Crippen molar-refractivity contribution in [1.82, 2.24) is 15.2 Å². The predicted molar refractivity (Wildman–Crippen MR) is 46.8 cm³/mol. The normalized spacial score (nSPS) is 10.3. The van der Waals surface area contributed by atoms with Gasteiger partial charge in [0.15, 0.2) is 0 Å². The summed E-state index contributed by atoms with van der Waals surface area (Å²) in [5, 5.41) is 6.82. The standard InChI is InChI=1S/C9H11N3/c1-2-8(10-6-1)3-4-9-5-7-11-12-9/h1-2,5-7,10H,3-4H2,(H,11,12). The summed E-state index contributed by atoms with van der Waals surface area (Å²) >= 11 is 0. The average Bonchev–Trinajstić information content (AvgIpc) is 2.74. The Kier molecular flexibility index (Phi) is 1.94. The van der Waals surface area contributed by atoms with Gasteiger partial charge in [-0.15, -0.1) is 0 Å². The Morgan fingerprint density at radius 2 is 2.08 bits per heavy atom. The van der Waals surface area contributed by atoms with E-state index in [1.807, 2.05) is 18.3 Å². The molecule has 0 aliphatic heterocycles. The molecule has 2 aromatic rings. The van der Waals surface area contributed by atoms with E-state index in [1.165, 1.54) is 11.4 Å². The third kappa shape index (κ3) is 1.56. The van der Waals surface area contributed by atoms with Gasteiger partial charge in [-0.25, -0.2) is 0 Å². The zero-order chi connectivity index (χ0) is 8.23. The number of nitrogens with zero attached hydrogens (tertiary/aromatic N) is 1. The lowest BCUT2D eigenvalue weighted by molar-refractivity contribution is 0.873. The fraction of sp³-hybridized carbons (Fsp3) is 0.222. The van der Waals surface area contributed by atoms with Crippen LogP contribution in [0.1, 0.15) is 11.4 Å². The maximum absolute atomic E-state index is 3.89. The minimum Gasteiger partial charge on any atom is -0.365 e. The molecule has 0 radical (unpaired) electrons. The summed E-state index contributed by atoms with van der Waals surface area (Å²) < 4.78 is 0. The van der Waals surface area contributed by atoms with Gasteiger partial charge < -0.3 is 4.98 Å². The van der Waals surface area contributed by atoms with E-state index in [4.69, 9.17) is 0 Å². The van der Waals surface area contributed by atoms with E-state index < -0.39 is 0 Å². The molecule has 2 rings (SSSR count). The van der Waals surface area contributed by atoms with Crippen molar-refractivity contribution in [3.05, 3.63) is 42.0 Å². The second kappa shape index (κ2) is 3.26. The van der Waals surface area contributed by atoms with Crippen molar-refractivity contribution in [3.8, 4) is 0 Å². The van der Waals surface area contributed by atoms with Crippen molar-refractivity contribution in [2.75, 3.05) is 0 Å². The Labute approximate surface area is 70.8 Å². The van der Waals surface area contributed by atoms with Crippen molar-refractivity contribution in [3.63, 3.8) is 0 Å². The quantitative estimate of drug-likeness (QED) is 0.704. The first-order valence-corrected chi connectivity index (χ1v) is 4.05. The molecule has 0 saturated carbocycles. The Morgan fingerprint density at radius 3 is 2.75 bits per heavy atom. The van der Waals surface area contributed by atoms with E-state index in [0.29, 0.717) is 0 Å². The third-order valence-corrected chi connectivity index (χ3v) is 1.88. The first-order chi connectivity index (χ1) is 5.95. The van der Waals surface area contributed by atoms with Crippen LogP contribution in [0.15, 0.2) is 30.6 Å². The summed E-state index contributed by atoms with van der Waals surface area (Å²) in [6.45, 7) is 0. The van der Waals surface area contributed by atoms with Crippen LogP contribution in [0.5, 0.6) is 0 Å². The molecule has 0 amide bonds. The summed E-state index contributed by atoms with van der Waals surface area (Å²) in [4.78, 5) is 3.17. The highest BCUT2D eigenvalue weighted by Gasteiger charge is 1.95. The highest BCUT2D eigenvalue weighted by Crippen LogP contribution is 2.01. The highest BCUT2D eigenvalue weighted by atomic mass is 15.1. The molecule has 3 nitrogen and oxygen atoms in total. The highest BCUT2D eigenvalue weighted by molar-refractivity contribution is 5.07. The molecular formula is C9H11N3. The number of nitrogens with one attached hydrogen (secondary N) is 2. The monoisotopic (exact) mass is 161 g/mol. The molecule has 2 aromatic heterocycles. The molecule has 2 heterocycles. The molecule has 0 aliphatic carbocycles. The van der Waals surface area contributed by atoms with Crippen LogP contribution in [0.25, 0.3) is 0 Å². The van der Waals surface area contributed by atoms with Gasteiger partial charge in [0.25, 0.3) is 0 Å². The van der Waals surface area contributed by atoms with Crippen molar-refractivity contribution in [1.29, 1.82) is 0 Å². The van der Waals surface area contributed by atoms with Crippen molar-refractivity contribution in [2.24, 2.45) is 0 Å². The average molecular weight is 161 g/mol. The summed E-state index contributed by atoms with van der Waals surface area (Å²) in [6, 6.07) is 6.11. The number of hydrogen-bond acceptors (Lipinski definition) is 1. The first kappa shape index (κ1) is 7.16. The molecule has 62 valence electrons. The smallest absolute Gasteiger partial charge is 0.0490 e. The Bertz CT molecular complexity index is 273. The lowest BCUT2D eigenvalue weighted by atomic mass is 10.2. The lowest BCUT2D eigenvalue weighted by Gasteiger charge is -1.94. The van der Waals surface area contributed by atoms with Crippen molar-refractivity contribution >= 4 is 0 Å². The van der Waals surface area contributed by atoms with Crippen LogP contribution in [-0.4, -0.2) is 15.2 Å². The molecular weight excluding hydrogens is 150 g/mol. The van der Waals surface area contributed by atoms with Crippen LogP contribution in [-0.2, 0) is 12.8 Å². The number of hydrogen-bond donors (Lipinski definition) is 2. The molecule has 0 unspecified atom stereocenters. The SMILES string of the molecule is c1c[nH]c(CCc2ccn[nH]2)c1. The second-order valence-electron chi connectivity index (χ2n) is 2.78. The van der Waals surface area contributed by atoms with E-state index in [1.54, 1.807) is 6.20 Å². The second-order valence-corrected chi connectivity index (χ2v) is 2.78. The van der Waals surface area contributed by atoms with Gasteiger partial charge in [-0.1, -0.05) is 0 Å². The number of aromatic nitrogens is 3. The van der Waals surface area contributed by atoms with Gasteiger partial charge >= 0.3 is 0 Å². The van der Waals surface area contributed by atoms with Gasteiger partial charge in [0.05, 0.1) is 0 Å². The molecule has 0 spiro atoms. The summed E-state index contributed by atoms with van der Waals surface area (Å²) in [5.41, 5.74) is 2.45. The Morgan fingerprint density at radius 1 is 1.17 bits per heavy atom. The largest absolute Gasteiger partial charge is 0.365 e. The van der Waals surface area contributed by atoms with Gasteiger partial charge in [0.1, 0.15) is 0 Å². The van der Waals surface area contributed by atoms with Crippen LogP contribution in [0.2, 0.25) is 0 Å². The minimum absolute atomic E-state index is 1.01. The summed E-state index contributed by atoms with van der Waals surface area (Å²) in [6.07, 6.45) is 5.78. The topological polar surface area (TPSA) is 44.5 Å². The van der Waals surface area contributed by atoms with E-state index in [0.717, 1.165) is 12.8 Å².